The van der Waals surface area contributed by atoms with E-state index in [1.54, 1.807) is 0 Å². The number of aromatic nitrogens is 2. The number of rotatable bonds is 3. The summed E-state index contributed by atoms with van der Waals surface area (Å²) in [5.74, 6) is 0. The highest BCUT2D eigenvalue weighted by Crippen LogP contribution is 2.25. The molecule has 0 fully saturated rings. The molecule has 0 radical (unpaired) electrons. The van der Waals surface area contributed by atoms with Crippen LogP contribution in [-0.4, -0.2) is 14.9 Å². The van der Waals surface area contributed by atoms with Crippen molar-refractivity contribution in [2.75, 3.05) is 0 Å². The van der Waals surface area contributed by atoms with E-state index in [2.05, 4.69) is 24.2 Å². The van der Waals surface area contributed by atoms with Crippen molar-refractivity contribution in [1.82, 2.24) is 9.78 Å². The van der Waals surface area contributed by atoms with Crippen LogP contribution in [0.4, 0.5) is 0 Å². The Bertz CT molecular complexity index is 506. The maximum Gasteiger partial charge on any atom is 0.0686 e. The first-order chi connectivity index (χ1) is 8.15. The van der Waals surface area contributed by atoms with Crippen molar-refractivity contribution in [2.45, 2.75) is 33.9 Å². The molecule has 3 nitrogen and oxygen atoms in total. The summed E-state index contributed by atoms with van der Waals surface area (Å²) in [4.78, 5) is 0. The van der Waals surface area contributed by atoms with Crippen LogP contribution in [0, 0.1) is 13.8 Å². The zero-order valence-corrected chi connectivity index (χ0v) is 10.6. The molecular formula is C14H18N2O. The fourth-order valence-corrected chi connectivity index (χ4v) is 2.10. The molecule has 17 heavy (non-hydrogen) atoms. The predicted octanol–water partition coefficient (Wildman–Crippen LogP) is 2.68. The zero-order chi connectivity index (χ0) is 12.4. The molecule has 1 aromatic heterocycles. The van der Waals surface area contributed by atoms with Gasteiger partial charge in [-0.05, 0) is 43.0 Å². The first-order valence-electron chi connectivity index (χ1n) is 5.89. The molecule has 1 N–H and O–H groups in total. The topological polar surface area (TPSA) is 38.0 Å². The first-order valence-corrected chi connectivity index (χ1v) is 5.89. The minimum atomic E-state index is 0.103. The molecule has 1 heterocycles. The van der Waals surface area contributed by atoms with Gasteiger partial charge in [0, 0.05) is 18.3 Å². The van der Waals surface area contributed by atoms with Crippen molar-refractivity contribution in [2.24, 2.45) is 0 Å². The van der Waals surface area contributed by atoms with Crippen LogP contribution in [0.25, 0.3) is 11.1 Å². The maximum absolute atomic E-state index is 9.29. The maximum atomic E-state index is 9.29. The van der Waals surface area contributed by atoms with Gasteiger partial charge >= 0.3 is 0 Å². The van der Waals surface area contributed by atoms with Crippen molar-refractivity contribution in [1.29, 1.82) is 0 Å². The Kier molecular flexibility index (Phi) is 3.29. The SMILES string of the molecule is CCn1cc(-c2cc(C)c(CO)c(C)c2)cn1. The van der Waals surface area contributed by atoms with Crippen molar-refractivity contribution in [3.8, 4) is 11.1 Å². The summed E-state index contributed by atoms with van der Waals surface area (Å²) in [5.41, 5.74) is 5.58. The predicted molar refractivity (Wildman–Crippen MR) is 68.7 cm³/mol. The Balaban J connectivity index is 2.46. The Morgan fingerprint density at radius 3 is 2.29 bits per heavy atom. The molecule has 0 spiro atoms. The van der Waals surface area contributed by atoms with Crippen LogP contribution < -0.4 is 0 Å². The fraction of sp³-hybridized carbons (Fsp3) is 0.357. The van der Waals surface area contributed by atoms with Gasteiger partial charge in [0.1, 0.15) is 0 Å². The van der Waals surface area contributed by atoms with E-state index in [0.717, 1.165) is 34.4 Å². The number of aliphatic hydroxyl groups is 1. The van der Waals surface area contributed by atoms with Crippen LogP contribution in [0.1, 0.15) is 23.6 Å². The summed E-state index contributed by atoms with van der Waals surface area (Å²) in [6.45, 7) is 7.12. The van der Waals surface area contributed by atoms with Gasteiger partial charge in [-0.3, -0.25) is 4.68 Å². The van der Waals surface area contributed by atoms with E-state index < -0.39 is 0 Å². The zero-order valence-electron chi connectivity index (χ0n) is 10.6. The summed E-state index contributed by atoms with van der Waals surface area (Å²) in [7, 11) is 0. The van der Waals surface area contributed by atoms with Crippen LogP contribution in [0.2, 0.25) is 0 Å². The van der Waals surface area contributed by atoms with E-state index >= 15 is 0 Å². The van der Waals surface area contributed by atoms with Crippen molar-refractivity contribution in [3.05, 3.63) is 41.2 Å². The summed E-state index contributed by atoms with van der Waals surface area (Å²) in [6, 6.07) is 4.21. The van der Waals surface area contributed by atoms with Crippen LogP contribution in [0.3, 0.4) is 0 Å². The molecular weight excluding hydrogens is 212 g/mol. The summed E-state index contributed by atoms with van der Waals surface area (Å²) < 4.78 is 1.92. The molecule has 0 atom stereocenters. The summed E-state index contributed by atoms with van der Waals surface area (Å²) in [6.07, 6.45) is 3.93. The van der Waals surface area contributed by atoms with Gasteiger partial charge in [0.2, 0.25) is 0 Å². The lowest BCUT2D eigenvalue weighted by molar-refractivity contribution is 0.280. The van der Waals surface area contributed by atoms with Gasteiger partial charge in [-0.1, -0.05) is 12.1 Å². The minimum absolute atomic E-state index is 0.103. The lowest BCUT2D eigenvalue weighted by Gasteiger charge is -2.09. The second-order valence-electron chi connectivity index (χ2n) is 4.33. The van der Waals surface area contributed by atoms with Crippen molar-refractivity contribution >= 4 is 0 Å². The van der Waals surface area contributed by atoms with Crippen molar-refractivity contribution < 1.29 is 5.11 Å². The molecule has 0 aliphatic heterocycles. The molecule has 0 aliphatic rings. The number of aliphatic hydroxyl groups excluding tert-OH is 1. The molecule has 1 aromatic carbocycles. The molecule has 0 amide bonds. The third kappa shape index (κ3) is 2.24. The van der Waals surface area contributed by atoms with Gasteiger partial charge in [0.25, 0.3) is 0 Å². The molecule has 0 saturated heterocycles. The average molecular weight is 230 g/mol. The largest absolute Gasteiger partial charge is 0.392 e. The Hall–Kier alpha value is -1.61. The van der Waals surface area contributed by atoms with Gasteiger partial charge in [-0.2, -0.15) is 5.10 Å². The minimum Gasteiger partial charge on any atom is -0.392 e. The van der Waals surface area contributed by atoms with E-state index in [4.69, 9.17) is 0 Å². The highest BCUT2D eigenvalue weighted by molar-refractivity contribution is 5.64. The fourth-order valence-electron chi connectivity index (χ4n) is 2.10. The molecule has 0 unspecified atom stereocenters. The van der Waals surface area contributed by atoms with Crippen molar-refractivity contribution in [3.63, 3.8) is 0 Å². The standard InChI is InChI=1S/C14H18N2O/c1-4-16-8-13(7-15-16)12-5-10(2)14(9-17)11(3)6-12/h5-8,17H,4,9H2,1-3H3. The lowest BCUT2D eigenvalue weighted by atomic mass is 9.97. The Morgan fingerprint density at radius 2 is 1.82 bits per heavy atom. The second kappa shape index (κ2) is 4.72. The van der Waals surface area contributed by atoms with Crippen LogP contribution in [0.15, 0.2) is 24.5 Å². The molecule has 0 saturated carbocycles. The normalized spacial score (nSPS) is 10.8. The van der Waals surface area contributed by atoms with E-state index in [-0.39, 0.29) is 6.61 Å². The smallest absolute Gasteiger partial charge is 0.0686 e. The van der Waals surface area contributed by atoms with E-state index in [1.807, 2.05) is 30.9 Å². The third-order valence-electron chi connectivity index (χ3n) is 3.14. The summed E-state index contributed by atoms with van der Waals surface area (Å²) in [5, 5.41) is 13.6. The van der Waals surface area contributed by atoms with E-state index in [0.29, 0.717) is 0 Å². The van der Waals surface area contributed by atoms with Crippen LogP contribution in [-0.2, 0) is 13.2 Å². The first kappa shape index (κ1) is 11.9. The van der Waals surface area contributed by atoms with Gasteiger partial charge in [-0.15, -0.1) is 0 Å². The lowest BCUT2D eigenvalue weighted by Crippen LogP contribution is -1.94. The van der Waals surface area contributed by atoms with Crippen LogP contribution >= 0.6 is 0 Å². The highest BCUT2D eigenvalue weighted by atomic mass is 16.3. The Morgan fingerprint density at radius 1 is 1.18 bits per heavy atom. The van der Waals surface area contributed by atoms with E-state index in [9.17, 15) is 5.11 Å². The highest BCUT2D eigenvalue weighted by Gasteiger charge is 2.07. The second-order valence-corrected chi connectivity index (χ2v) is 4.33. The Labute approximate surface area is 102 Å². The number of hydrogen-bond donors (Lipinski definition) is 1. The third-order valence-corrected chi connectivity index (χ3v) is 3.14. The molecule has 0 aliphatic carbocycles. The summed E-state index contributed by atoms with van der Waals surface area (Å²) >= 11 is 0. The van der Waals surface area contributed by atoms with Crippen LogP contribution in [0.5, 0.6) is 0 Å². The molecule has 90 valence electrons. The molecule has 2 rings (SSSR count). The van der Waals surface area contributed by atoms with Gasteiger partial charge in [-0.25, -0.2) is 0 Å². The van der Waals surface area contributed by atoms with Gasteiger partial charge < -0.3 is 5.11 Å². The van der Waals surface area contributed by atoms with E-state index in [1.165, 1.54) is 0 Å². The average Bonchev–Trinajstić information content (AvgIpc) is 2.77. The quantitative estimate of drug-likeness (QED) is 0.880. The van der Waals surface area contributed by atoms with Gasteiger partial charge in [0.05, 0.1) is 12.8 Å². The molecule has 3 heteroatoms. The molecule has 0 bridgehead atoms. The monoisotopic (exact) mass is 230 g/mol. The number of aryl methyl sites for hydroxylation is 3. The number of hydrogen-bond acceptors (Lipinski definition) is 2. The number of nitrogens with zero attached hydrogens (tertiary/aromatic N) is 2. The van der Waals surface area contributed by atoms with Gasteiger partial charge in [0.15, 0.2) is 0 Å². The molecule has 2 aromatic rings. The number of benzene rings is 1.